The van der Waals surface area contributed by atoms with Gasteiger partial charge in [-0.2, -0.15) is 13.7 Å². The molecule has 3 rings (SSSR count). The van der Waals surface area contributed by atoms with Gasteiger partial charge in [-0.1, -0.05) is 45.7 Å². The van der Waals surface area contributed by atoms with Crippen LogP contribution in [0.25, 0.3) is 6.08 Å². The largest absolute Gasteiger partial charge is 0.378 e. The fraction of sp³-hybridized carbons (Fsp3) is 0.0435. The van der Waals surface area contributed by atoms with Gasteiger partial charge >= 0.3 is 10.1 Å². The lowest BCUT2D eigenvalue weighted by atomic mass is 10.1. The van der Waals surface area contributed by atoms with Crippen LogP contribution in [-0.2, 0) is 14.9 Å². The molecule has 0 aliphatic carbocycles. The summed E-state index contributed by atoms with van der Waals surface area (Å²) in [4.78, 5) is 12.6. The molecular weight excluding hydrogens is 516 g/mol. The summed E-state index contributed by atoms with van der Waals surface area (Å²) < 4.78 is 31.3. The van der Waals surface area contributed by atoms with Crippen molar-refractivity contribution in [3.8, 4) is 11.8 Å². The Morgan fingerprint density at radius 2 is 1.81 bits per heavy atom. The molecule has 0 unspecified atom stereocenters. The number of hydrogen-bond acceptors (Lipinski definition) is 5. The van der Waals surface area contributed by atoms with Crippen LogP contribution in [0.5, 0.6) is 5.75 Å². The average molecular weight is 532 g/mol. The molecule has 0 atom stereocenters. The second-order valence-electron chi connectivity index (χ2n) is 6.61. The van der Waals surface area contributed by atoms with Crippen molar-refractivity contribution in [1.29, 1.82) is 5.26 Å². The van der Waals surface area contributed by atoms with Crippen molar-refractivity contribution >= 4 is 55.3 Å². The van der Waals surface area contributed by atoms with E-state index in [9.17, 15) is 18.5 Å². The Hall–Kier alpha value is -3.12. The number of rotatable bonds is 6. The van der Waals surface area contributed by atoms with Gasteiger partial charge in [-0.3, -0.25) is 4.79 Å². The summed E-state index contributed by atoms with van der Waals surface area (Å²) in [5.41, 5.74) is 1.40. The van der Waals surface area contributed by atoms with Gasteiger partial charge in [-0.15, -0.1) is 0 Å². The average Bonchev–Trinajstić information content (AvgIpc) is 2.75. The Kier molecular flexibility index (Phi) is 7.36. The van der Waals surface area contributed by atoms with Gasteiger partial charge in [0.05, 0.1) is 0 Å². The Balaban J connectivity index is 1.95. The molecular formula is C23H16BrClN2O4S. The number of para-hydroxylation sites is 1. The highest BCUT2D eigenvalue weighted by molar-refractivity contribution is 9.10. The number of anilines is 1. The molecule has 0 saturated heterocycles. The molecule has 32 heavy (non-hydrogen) atoms. The van der Waals surface area contributed by atoms with Crippen LogP contribution in [0.2, 0.25) is 5.02 Å². The first kappa shape index (κ1) is 23.5. The molecule has 0 heterocycles. The summed E-state index contributed by atoms with van der Waals surface area (Å²) in [6.45, 7) is 1.83. The normalized spacial score (nSPS) is 11.5. The second-order valence-corrected chi connectivity index (χ2v) is 9.51. The number of aryl methyl sites for hydroxylation is 1. The van der Waals surface area contributed by atoms with Crippen LogP contribution < -0.4 is 9.50 Å². The van der Waals surface area contributed by atoms with E-state index in [-0.39, 0.29) is 21.8 Å². The zero-order valence-electron chi connectivity index (χ0n) is 16.7. The van der Waals surface area contributed by atoms with E-state index in [1.54, 1.807) is 24.3 Å². The predicted octanol–water partition coefficient (Wildman–Crippen LogP) is 5.72. The van der Waals surface area contributed by atoms with Crippen molar-refractivity contribution in [3.05, 3.63) is 92.9 Å². The van der Waals surface area contributed by atoms with E-state index in [0.717, 1.165) is 5.56 Å². The number of carbonyl (C=O) groups is 1. The molecule has 6 nitrogen and oxygen atoms in total. The van der Waals surface area contributed by atoms with E-state index in [1.165, 1.54) is 36.4 Å². The highest BCUT2D eigenvalue weighted by Crippen LogP contribution is 2.29. The third kappa shape index (κ3) is 5.77. The number of carbonyl (C=O) groups excluding carboxylic acids is 1. The van der Waals surface area contributed by atoms with Crippen LogP contribution in [0.3, 0.4) is 0 Å². The molecule has 0 saturated carbocycles. The van der Waals surface area contributed by atoms with Gasteiger partial charge in [0, 0.05) is 20.7 Å². The molecule has 0 bridgehead atoms. The van der Waals surface area contributed by atoms with E-state index < -0.39 is 16.0 Å². The molecule has 9 heteroatoms. The lowest BCUT2D eigenvalue weighted by Crippen LogP contribution is -2.14. The summed E-state index contributed by atoms with van der Waals surface area (Å²) in [6, 6.07) is 19.1. The molecule has 162 valence electrons. The summed E-state index contributed by atoms with van der Waals surface area (Å²) in [6.07, 6.45) is 1.27. The maximum Gasteiger partial charge on any atom is 0.339 e. The summed E-state index contributed by atoms with van der Waals surface area (Å²) in [7, 11) is -4.17. The number of nitrogens with one attached hydrogen (secondary N) is 1. The minimum Gasteiger partial charge on any atom is -0.378 e. The SMILES string of the molecule is Cc1ccccc1NC(=O)/C(C#N)=C/c1cc(Br)ccc1OS(=O)(=O)c1ccc(Cl)cc1. The maximum absolute atomic E-state index is 12.7. The molecule has 3 aromatic carbocycles. The summed E-state index contributed by atoms with van der Waals surface area (Å²) in [5.74, 6) is -0.673. The molecule has 0 aliphatic rings. The summed E-state index contributed by atoms with van der Waals surface area (Å²) in [5, 5.41) is 12.6. The first-order valence-corrected chi connectivity index (χ1v) is 11.8. The molecule has 1 N–H and O–H groups in total. The topological polar surface area (TPSA) is 96.3 Å². The smallest absolute Gasteiger partial charge is 0.339 e. The lowest BCUT2D eigenvalue weighted by molar-refractivity contribution is -0.112. The Morgan fingerprint density at radius 3 is 2.47 bits per heavy atom. The lowest BCUT2D eigenvalue weighted by Gasteiger charge is -2.11. The molecule has 0 spiro atoms. The third-order valence-corrected chi connectivity index (χ3v) is 6.33. The number of hydrogen-bond donors (Lipinski definition) is 1. The second kappa shape index (κ2) is 10.0. The number of nitriles is 1. The molecule has 1 amide bonds. The minimum atomic E-state index is -4.17. The van der Waals surface area contributed by atoms with Crippen molar-refractivity contribution < 1.29 is 17.4 Å². The highest BCUT2D eigenvalue weighted by Gasteiger charge is 2.19. The third-order valence-electron chi connectivity index (χ3n) is 4.33. The fourth-order valence-electron chi connectivity index (χ4n) is 2.68. The maximum atomic E-state index is 12.7. The Labute approximate surface area is 199 Å². The number of benzene rings is 3. The summed E-state index contributed by atoms with van der Waals surface area (Å²) >= 11 is 9.13. The van der Waals surface area contributed by atoms with E-state index in [4.69, 9.17) is 15.8 Å². The minimum absolute atomic E-state index is 0.0420. The van der Waals surface area contributed by atoms with E-state index in [1.807, 2.05) is 25.1 Å². The Bertz CT molecular complexity index is 1350. The van der Waals surface area contributed by atoms with Crippen molar-refractivity contribution in [2.75, 3.05) is 5.32 Å². The standard InChI is InChI=1S/C23H16BrClN2O4S/c1-15-4-2-3-5-21(15)27-23(28)17(14-26)12-16-13-18(24)6-11-22(16)31-32(29,30)20-9-7-19(25)8-10-20/h2-13H,1H3,(H,27,28)/b17-12+. The van der Waals surface area contributed by atoms with Gasteiger partial charge < -0.3 is 9.50 Å². The zero-order valence-corrected chi connectivity index (χ0v) is 19.8. The molecule has 0 fully saturated rings. The predicted molar refractivity (Wildman–Crippen MR) is 127 cm³/mol. The van der Waals surface area contributed by atoms with Gasteiger partial charge in [0.2, 0.25) is 0 Å². The van der Waals surface area contributed by atoms with Crippen molar-refractivity contribution in [2.24, 2.45) is 0 Å². The number of amides is 1. The highest BCUT2D eigenvalue weighted by atomic mass is 79.9. The van der Waals surface area contributed by atoms with Gasteiger partial charge in [-0.05, 0) is 67.1 Å². The number of halogens is 2. The molecule has 3 aromatic rings. The van der Waals surface area contributed by atoms with E-state index >= 15 is 0 Å². The van der Waals surface area contributed by atoms with Crippen molar-refractivity contribution in [3.63, 3.8) is 0 Å². The van der Waals surface area contributed by atoms with Gasteiger partial charge in [0.1, 0.15) is 22.3 Å². The van der Waals surface area contributed by atoms with Crippen molar-refractivity contribution in [1.82, 2.24) is 0 Å². The van der Waals surface area contributed by atoms with Crippen LogP contribution in [-0.4, -0.2) is 14.3 Å². The van der Waals surface area contributed by atoms with Crippen LogP contribution >= 0.6 is 27.5 Å². The van der Waals surface area contributed by atoms with Gasteiger partial charge in [-0.25, -0.2) is 0 Å². The molecule has 0 aromatic heterocycles. The first-order chi connectivity index (χ1) is 15.2. The Morgan fingerprint density at radius 1 is 1.12 bits per heavy atom. The van der Waals surface area contributed by atoms with Crippen LogP contribution in [0.4, 0.5) is 5.69 Å². The zero-order chi connectivity index (χ0) is 23.3. The van der Waals surface area contributed by atoms with E-state index in [2.05, 4.69) is 21.2 Å². The van der Waals surface area contributed by atoms with Crippen molar-refractivity contribution in [2.45, 2.75) is 11.8 Å². The first-order valence-electron chi connectivity index (χ1n) is 9.18. The quantitative estimate of drug-likeness (QED) is 0.249. The molecule has 0 aliphatic heterocycles. The van der Waals surface area contributed by atoms with Gasteiger partial charge in [0.15, 0.2) is 0 Å². The van der Waals surface area contributed by atoms with E-state index in [0.29, 0.717) is 15.2 Å². The monoisotopic (exact) mass is 530 g/mol. The van der Waals surface area contributed by atoms with Crippen LogP contribution in [0, 0.1) is 18.3 Å². The number of nitrogens with zero attached hydrogens (tertiary/aromatic N) is 1. The fourth-order valence-corrected chi connectivity index (χ4v) is 4.14. The van der Waals surface area contributed by atoms with Crippen LogP contribution in [0.1, 0.15) is 11.1 Å². The van der Waals surface area contributed by atoms with Crippen LogP contribution in [0.15, 0.2) is 81.7 Å². The molecule has 0 radical (unpaired) electrons. The van der Waals surface area contributed by atoms with Gasteiger partial charge in [0.25, 0.3) is 5.91 Å².